The molecular weight excluding hydrogens is 471 g/mol. The molecule has 34 heavy (non-hydrogen) atoms. The molecule has 2 aromatic carbocycles. The molecule has 0 radical (unpaired) electrons. The van der Waals surface area contributed by atoms with Crippen molar-refractivity contribution in [3.05, 3.63) is 71.7 Å². The summed E-state index contributed by atoms with van der Waals surface area (Å²) in [6.07, 6.45) is 2.93. The molecule has 0 spiro atoms. The van der Waals surface area contributed by atoms with Crippen molar-refractivity contribution in [1.29, 1.82) is 5.26 Å². The van der Waals surface area contributed by atoms with Crippen LogP contribution < -0.4 is 0 Å². The maximum atomic E-state index is 14.5. The number of benzene rings is 2. The van der Waals surface area contributed by atoms with E-state index in [4.69, 9.17) is 19.2 Å². The zero-order valence-electron chi connectivity index (χ0n) is 17.8. The fraction of sp³-hybridized carbons (Fsp3) is 0.143. The van der Waals surface area contributed by atoms with Crippen LogP contribution in [0.4, 0.5) is 8.78 Å². The van der Waals surface area contributed by atoms with Crippen molar-refractivity contribution < 1.29 is 33.1 Å². The van der Waals surface area contributed by atoms with Crippen molar-refractivity contribution in [1.82, 2.24) is 19.6 Å². The Hall–Kier alpha value is -3.59. The lowest BCUT2D eigenvalue weighted by molar-refractivity contribution is 0.0734. The number of fused-ring (bicyclic) bond motifs is 1. The molecular formula is C21H18F2N5O5P. The minimum absolute atomic E-state index is 0.0341. The zero-order chi connectivity index (χ0) is 25.3. The van der Waals surface area contributed by atoms with Crippen LogP contribution in [0.3, 0.4) is 0 Å². The Morgan fingerprint density at radius 2 is 1.76 bits per heavy atom. The number of phosphoric acid groups is 1. The topological polar surface area (TPSA) is 165 Å². The van der Waals surface area contributed by atoms with Gasteiger partial charge in [-0.2, -0.15) is 14.9 Å². The molecule has 0 aliphatic carbocycles. The summed E-state index contributed by atoms with van der Waals surface area (Å²) in [7, 11) is -4.64. The molecule has 4 aromatic rings. The molecule has 0 saturated carbocycles. The molecule has 0 amide bonds. The highest BCUT2D eigenvalue weighted by Crippen LogP contribution is 2.33. The fourth-order valence-electron chi connectivity index (χ4n) is 3.03. The van der Waals surface area contributed by atoms with Crippen LogP contribution >= 0.6 is 7.82 Å². The Morgan fingerprint density at radius 3 is 2.38 bits per heavy atom. The van der Waals surface area contributed by atoms with E-state index >= 15 is 0 Å². The van der Waals surface area contributed by atoms with E-state index in [1.165, 1.54) is 53.3 Å². The minimum atomic E-state index is -4.64. The van der Waals surface area contributed by atoms with Gasteiger partial charge < -0.3 is 19.8 Å². The van der Waals surface area contributed by atoms with Crippen LogP contribution in [0, 0.1) is 23.0 Å². The molecule has 0 aliphatic heterocycles. The van der Waals surface area contributed by atoms with Gasteiger partial charge >= 0.3 is 7.82 Å². The smallest absolute Gasteiger partial charge is 0.384 e. The molecule has 0 unspecified atom stereocenters. The first-order valence-electron chi connectivity index (χ1n) is 9.50. The van der Waals surface area contributed by atoms with Gasteiger partial charge in [0.1, 0.15) is 17.2 Å². The van der Waals surface area contributed by atoms with Crippen LogP contribution in [0.15, 0.2) is 48.8 Å². The van der Waals surface area contributed by atoms with E-state index in [1.54, 1.807) is 13.8 Å². The SMILES string of the molecule is CC(C)(O)c1cnn2c(-c3ccc(F)c(-c4c(F)cccc4C#N)c3)cnc2n1.O=P(O)(O)O. The lowest BCUT2D eigenvalue weighted by Gasteiger charge is -2.15. The molecule has 4 N–H and O–H groups in total. The van der Waals surface area contributed by atoms with Crippen molar-refractivity contribution in [2.24, 2.45) is 0 Å². The number of halogens is 2. The van der Waals surface area contributed by atoms with Gasteiger partial charge in [0, 0.05) is 16.7 Å². The van der Waals surface area contributed by atoms with E-state index in [0.29, 0.717) is 17.0 Å². The number of hydrogen-bond donors (Lipinski definition) is 4. The predicted octanol–water partition coefficient (Wildman–Crippen LogP) is 2.91. The fourth-order valence-corrected chi connectivity index (χ4v) is 3.03. The van der Waals surface area contributed by atoms with Gasteiger partial charge in [-0.1, -0.05) is 6.07 Å². The molecule has 0 fully saturated rings. The molecule has 0 atom stereocenters. The second-order valence-corrected chi connectivity index (χ2v) is 8.56. The first-order chi connectivity index (χ1) is 15.8. The van der Waals surface area contributed by atoms with E-state index in [2.05, 4.69) is 15.1 Å². The van der Waals surface area contributed by atoms with Crippen LogP contribution in [0.5, 0.6) is 0 Å². The van der Waals surface area contributed by atoms with Crippen molar-refractivity contribution in [3.8, 4) is 28.5 Å². The first kappa shape index (κ1) is 25.0. The average Bonchev–Trinajstić information content (AvgIpc) is 3.16. The Labute approximate surface area is 191 Å². The third kappa shape index (κ3) is 5.66. The lowest BCUT2D eigenvalue weighted by atomic mass is 9.97. The summed E-state index contributed by atoms with van der Waals surface area (Å²) in [6.45, 7) is 3.18. The zero-order valence-corrected chi connectivity index (χ0v) is 18.6. The highest BCUT2D eigenvalue weighted by atomic mass is 31.2. The van der Waals surface area contributed by atoms with Crippen LogP contribution in [0.25, 0.3) is 28.2 Å². The summed E-state index contributed by atoms with van der Waals surface area (Å²) in [5.41, 5.74) is 0.104. The quantitative estimate of drug-likeness (QED) is 0.317. The van der Waals surface area contributed by atoms with Crippen molar-refractivity contribution in [3.63, 3.8) is 0 Å². The highest BCUT2D eigenvalue weighted by molar-refractivity contribution is 7.45. The number of hydrogen-bond acceptors (Lipinski definition) is 6. The normalized spacial score (nSPS) is 11.6. The minimum Gasteiger partial charge on any atom is -0.384 e. The Balaban J connectivity index is 0.000000588. The second-order valence-electron chi connectivity index (χ2n) is 7.54. The van der Waals surface area contributed by atoms with Gasteiger partial charge in [-0.05, 0) is 44.2 Å². The molecule has 2 aromatic heterocycles. The van der Waals surface area contributed by atoms with Gasteiger partial charge in [-0.3, -0.25) is 0 Å². The van der Waals surface area contributed by atoms with Gasteiger partial charge in [0.2, 0.25) is 0 Å². The van der Waals surface area contributed by atoms with E-state index in [9.17, 15) is 19.1 Å². The van der Waals surface area contributed by atoms with Crippen molar-refractivity contribution in [2.75, 3.05) is 0 Å². The summed E-state index contributed by atoms with van der Waals surface area (Å²) in [5.74, 6) is -1.08. The maximum Gasteiger partial charge on any atom is 0.466 e. The molecule has 0 aliphatic rings. The monoisotopic (exact) mass is 489 g/mol. The molecule has 4 rings (SSSR count). The summed E-state index contributed by atoms with van der Waals surface area (Å²) in [6, 6.07) is 10.1. The van der Waals surface area contributed by atoms with E-state index in [-0.39, 0.29) is 22.5 Å². The standard InChI is InChI=1S/C21H15F2N5O.H3O4P/c1-21(2,29)18-11-26-28-17(10-25-20(28)27-18)12-6-7-15(22)14(8-12)19-13(9-24)4-3-5-16(19)23;1-5(2,3)4/h3-8,10-11,29H,1-2H3;(H3,1,2,3,4). The number of aliphatic hydroxyl groups is 1. The third-order valence-electron chi connectivity index (χ3n) is 4.53. The van der Waals surface area contributed by atoms with Gasteiger partial charge in [0.15, 0.2) is 0 Å². The number of nitrogens with zero attached hydrogens (tertiary/aromatic N) is 5. The molecule has 176 valence electrons. The number of nitriles is 1. The summed E-state index contributed by atoms with van der Waals surface area (Å²) in [5, 5.41) is 23.7. The molecule has 0 saturated heterocycles. The Bertz CT molecular complexity index is 1450. The molecule has 10 nitrogen and oxygen atoms in total. The van der Waals surface area contributed by atoms with E-state index in [0.717, 1.165) is 0 Å². The third-order valence-corrected chi connectivity index (χ3v) is 4.53. The maximum absolute atomic E-state index is 14.5. The van der Waals surface area contributed by atoms with Gasteiger partial charge in [0.05, 0.1) is 35.4 Å². The van der Waals surface area contributed by atoms with Crippen LogP contribution in [-0.2, 0) is 10.2 Å². The van der Waals surface area contributed by atoms with E-state index in [1.807, 2.05) is 6.07 Å². The van der Waals surface area contributed by atoms with Crippen LogP contribution in [-0.4, -0.2) is 39.4 Å². The highest BCUT2D eigenvalue weighted by Gasteiger charge is 2.21. The molecule has 0 bridgehead atoms. The number of imidazole rings is 1. The second kappa shape index (κ2) is 9.34. The summed E-state index contributed by atoms with van der Waals surface area (Å²) in [4.78, 5) is 30.1. The van der Waals surface area contributed by atoms with Crippen LogP contribution in [0.2, 0.25) is 0 Å². The Morgan fingerprint density at radius 1 is 1.09 bits per heavy atom. The van der Waals surface area contributed by atoms with Gasteiger partial charge in [-0.25, -0.2) is 23.3 Å². The van der Waals surface area contributed by atoms with E-state index < -0.39 is 25.1 Å². The number of aromatic nitrogens is 4. The van der Waals surface area contributed by atoms with Crippen molar-refractivity contribution >= 4 is 13.6 Å². The molecule has 2 heterocycles. The summed E-state index contributed by atoms with van der Waals surface area (Å²) < 4.78 is 39.3. The Kier molecular flexibility index (Phi) is 6.88. The van der Waals surface area contributed by atoms with Gasteiger partial charge in [-0.15, -0.1) is 0 Å². The summed E-state index contributed by atoms with van der Waals surface area (Å²) >= 11 is 0. The average molecular weight is 489 g/mol. The van der Waals surface area contributed by atoms with Gasteiger partial charge in [0.25, 0.3) is 5.78 Å². The number of rotatable bonds is 3. The largest absolute Gasteiger partial charge is 0.466 e. The predicted molar refractivity (Wildman–Crippen MR) is 116 cm³/mol. The van der Waals surface area contributed by atoms with Crippen molar-refractivity contribution in [2.45, 2.75) is 19.4 Å². The van der Waals surface area contributed by atoms with Crippen LogP contribution in [0.1, 0.15) is 25.1 Å². The lowest BCUT2D eigenvalue weighted by Crippen LogP contribution is -2.19. The first-order valence-corrected chi connectivity index (χ1v) is 11.1. The molecule has 13 heteroatoms.